The Morgan fingerprint density at radius 2 is 1.96 bits per heavy atom. The number of likely N-dealkylation sites (tertiary alicyclic amines) is 1. The highest BCUT2D eigenvalue weighted by Crippen LogP contribution is 2.46. The Hall–Kier alpha value is -1.74. The van der Waals surface area contributed by atoms with E-state index < -0.39 is 14.8 Å². The third-order valence-electron chi connectivity index (χ3n) is 5.66. The van der Waals surface area contributed by atoms with Crippen LogP contribution in [0.25, 0.3) is 0 Å². The van der Waals surface area contributed by atoms with Gasteiger partial charge in [0.15, 0.2) is 4.75 Å². The first-order valence-electron chi connectivity index (χ1n) is 8.26. The molecular weight excluding hydrogens is 330 g/mol. The minimum absolute atomic E-state index is 0.208. The predicted molar refractivity (Wildman–Crippen MR) is 87.3 cm³/mol. The van der Waals surface area contributed by atoms with Crippen molar-refractivity contribution in [2.75, 3.05) is 18.4 Å². The van der Waals surface area contributed by atoms with E-state index in [0.717, 1.165) is 12.8 Å². The molecule has 4 rings (SSSR count). The summed E-state index contributed by atoms with van der Waals surface area (Å²) in [6.07, 6.45) is 6.09. The normalized spacial score (nSPS) is 30.9. The molecule has 3 N–H and O–H groups in total. The van der Waals surface area contributed by atoms with E-state index >= 15 is 0 Å². The van der Waals surface area contributed by atoms with Crippen LogP contribution in [-0.2, 0) is 14.8 Å². The van der Waals surface area contributed by atoms with Crippen LogP contribution in [0.4, 0.5) is 5.95 Å². The van der Waals surface area contributed by atoms with E-state index in [1.54, 1.807) is 23.4 Å². The standard InChI is InChI=1S/C15H21N5O3S/c16-24(22,23)15(4-5-15)13(21)20-8-10-2-3-12(11(10)9-20)19-14-17-6-1-7-18-14/h1,6-7,10-12H,2-5,8-9H2,(H2,16,22,23)(H,17,18,19). The summed E-state index contributed by atoms with van der Waals surface area (Å²) in [5.74, 6) is 0.978. The van der Waals surface area contributed by atoms with Gasteiger partial charge in [0.05, 0.1) is 0 Å². The van der Waals surface area contributed by atoms with E-state index in [0.29, 0.717) is 43.7 Å². The Morgan fingerprint density at radius 1 is 1.25 bits per heavy atom. The van der Waals surface area contributed by atoms with Crippen molar-refractivity contribution in [1.82, 2.24) is 14.9 Å². The molecule has 0 bridgehead atoms. The molecule has 1 saturated heterocycles. The zero-order valence-electron chi connectivity index (χ0n) is 13.3. The van der Waals surface area contributed by atoms with Crippen LogP contribution in [-0.4, -0.2) is 53.1 Å². The average Bonchev–Trinajstić information content (AvgIpc) is 3.15. The lowest BCUT2D eigenvalue weighted by molar-refractivity contribution is -0.130. The van der Waals surface area contributed by atoms with Gasteiger partial charge in [0.25, 0.3) is 0 Å². The van der Waals surface area contributed by atoms with E-state index in [4.69, 9.17) is 5.14 Å². The molecule has 9 heteroatoms. The Labute approximate surface area is 140 Å². The van der Waals surface area contributed by atoms with Crippen LogP contribution in [0.3, 0.4) is 0 Å². The Morgan fingerprint density at radius 3 is 2.58 bits per heavy atom. The molecule has 2 heterocycles. The second-order valence-electron chi connectivity index (χ2n) is 7.07. The molecule has 1 aliphatic heterocycles. The van der Waals surface area contributed by atoms with E-state index in [9.17, 15) is 13.2 Å². The molecular formula is C15H21N5O3S. The van der Waals surface area contributed by atoms with Crippen LogP contribution in [0.5, 0.6) is 0 Å². The number of nitrogens with one attached hydrogen (secondary N) is 1. The summed E-state index contributed by atoms with van der Waals surface area (Å²) in [6, 6.07) is 1.97. The molecule has 1 aromatic rings. The molecule has 24 heavy (non-hydrogen) atoms. The molecule has 1 amide bonds. The number of nitrogens with two attached hydrogens (primary N) is 1. The lowest BCUT2D eigenvalue weighted by atomic mass is 9.98. The molecule has 1 aromatic heterocycles. The second kappa shape index (κ2) is 5.38. The molecule has 2 aliphatic carbocycles. The van der Waals surface area contributed by atoms with E-state index in [1.165, 1.54) is 0 Å². The highest BCUT2D eigenvalue weighted by molar-refractivity contribution is 7.91. The molecule has 130 valence electrons. The summed E-state index contributed by atoms with van der Waals surface area (Å²) in [5.41, 5.74) is 0. The van der Waals surface area contributed by atoms with Crippen molar-refractivity contribution in [2.24, 2.45) is 17.0 Å². The first-order valence-corrected chi connectivity index (χ1v) is 9.81. The van der Waals surface area contributed by atoms with Gasteiger partial charge in [-0.1, -0.05) is 0 Å². The maximum atomic E-state index is 12.7. The van der Waals surface area contributed by atoms with E-state index in [-0.39, 0.29) is 11.9 Å². The topological polar surface area (TPSA) is 118 Å². The monoisotopic (exact) mass is 351 g/mol. The zero-order valence-corrected chi connectivity index (χ0v) is 14.1. The third-order valence-corrected chi connectivity index (χ3v) is 7.34. The molecule has 3 atom stereocenters. The average molecular weight is 351 g/mol. The second-order valence-corrected chi connectivity index (χ2v) is 8.95. The summed E-state index contributed by atoms with van der Waals surface area (Å²) >= 11 is 0. The highest BCUT2D eigenvalue weighted by atomic mass is 32.2. The molecule has 0 spiro atoms. The van der Waals surface area contributed by atoms with Gasteiger partial charge in [-0.3, -0.25) is 4.79 Å². The van der Waals surface area contributed by atoms with Crippen molar-refractivity contribution >= 4 is 21.9 Å². The Balaban J connectivity index is 1.46. The number of rotatable bonds is 4. The molecule has 8 nitrogen and oxygen atoms in total. The van der Waals surface area contributed by atoms with Crippen molar-refractivity contribution < 1.29 is 13.2 Å². The van der Waals surface area contributed by atoms with Gasteiger partial charge in [-0.2, -0.15) is 0 Å². The number of anilines is 1. The quantitative estimate of drug-likeness (QED) is 0.785. The van der Waals surface area contributed by atoms with E-state index in [1.807, 2.05) is 0 Å². The zero-order chi connectivity index (χ0) is 16.9. The summed E-state index contributed by atoms with van der Waals surface area (Å²) in [6.45, 7) is 1.19. The molecule has 3 unspecified atom stereocenters. The minimum atomic E-state index is -3.84. The van der Waals surface area contributed by atoms with Crippen molar-refractivity contribution in [3.05, 3.63) is 18.5 Å². The Bertz CT molecular complexity index is 750. The number of nitrogens with zero attached hydrogens (tertiary/aromatic N) is 3. The van der Waals surface area contributed by atoms with Gasteiger partial charge in [0.2, 0.25) is 21.9 Å². The van der Waals surface area contributed by atoms with Gasteiger partial charge in [-0.05, 0) is 37.7 Å². The highest BCUT2D eigenvalue weighted by Gasteiger charge is 2.62. The van der Waals surface area contributed by atoms with Crippen LogP contribution in [0, 0.1) is 11.8 Å². The summed E-state index contributed by atoms with van der Waals surface area (Å²) in [4.78, 5) is 22.8. The Kier molecular flexibility index (Phi) is 3.54. The fourth-order valence-electron chi connectivity index (χ4n) is 4.17. The number of aromatic nitrogens is 2. The van der Waals surface area contributed by atoms with Gasteiger partial charge in [-0.25, -0.2) is 23.5 Å². The van der Waals surface area contributed by atoms with Gasteiger partial charge in [-0.15, -0.1) is 0 Å². The fourth-order valence-corrected chi connectivity index (χ4v) is 5.22. The molecule has 3 fully saturated rings. The van der Waals surface area contributed by atoms with Crippen molar-refractivity contribution in [3.8, 4) is 0 Å². The number of amides is 1. The largest absolute Gasteiger partial charge is 0.351 e. The minimum Gasteiger partial charge on any atom is -0.351 e. The van der Waals surface area contributed by atoms with Gasteiger partial charge in [0.1, 0.15) is 0 Å². The van der Waals surface area contributed by atoms with Crippen LogP contribution in [0.1, 0.15) is 25.7 Å². The molecule has 3 aliphatic rings. The summed E-state index contributed by atoms with van der Waals surface area (Å²) < 4.78 is 22.2. The lowest BCUT2D eigenvalue weighted by Gasteiger charge is -2.24. The van der Waals surface area contributed by atoms with Gasteiger partial charge in [0, 0.05) is 37.4 Å². The first-order chi connectivity index (χ1) is 11.4. The van der Waals surface area contributed by atoms with Gasteiger partial charge < -0.3 is 10.2 Å². The van der Waals surface area contributed by atoms with Crippen LogP contribution in [0.2, 0.25) is 0 Å². The smallest absolute Gasteiger partial charge is 0.245 e. The lowest BCUT2D eigenvalue weighted by Crippen LogP contribution is -2.47. The third kappa shape index (κ3) is 2.46. The van der Waals surface area contributed by atoms with Crippen molar-refractivity contribution in [1.29, 1.82) is 0 Å². The number of primary sulfonamides is 1. The van der Waals surface area contributed by atoms with Crippen molar-refractivity contribution in [3.63, 3.8) is 0 Å². The number of sulfonamides is 1. The van der Waals surface area contributed by atoms with Crippen LogP contribution < -0.4 is 10.5 Å². The molecule has 0 aromatic carbocycles. The van der Waals surface area contributed by atoms with Crippen LogP contribution in [0.15, 0.2) is 18.5 Å². The van der Waals surface area contributed by atoms with Crippen LogP contribution >= 0.6 is 0 Å². The number of hydrogen-bond donors (Lipinski definition) is 2. The predicted octanol–water partition coefficient (Wildman–Crippen LogP) is -0.0534. The number of hydrogen-bond acceptors (Lipinski definition) is 6. The molecule has 0 radical (unpaired) electrons. The number of carbonyl (C=O) groups excluding carboxylic acids is 1. The number of carbonyl (C=O) groups is 1. The summed E-state index contributed by atoms with van der Waals surface area (Å²) in [5, 5.41) is 8.64. The number of fused-ring (bicyclic) bond motifs is 1. The van der Waals surface area contributed by atoms with Crippen molar-refractivity contribution in [2.45, 2.75) is 36.5 Å². The maximum Gasteiger partial charge on any atom is 0.245 e. The SMILES string of the molecule is NS(=O)(=O)C1(C(=O)N2CC3CCC(Nc4ncccn4)C3C2)CC1. The maximum absolute atomic E-state index is 12.7. The van der Waals surface area contributed by atoms with Gasteiger partial charge >= 0.3 is 0 Å². The fraction of sp³-hybridized carbons (Fsp3) is 0.667. The first kappa shape index (κ1) is 15.8. The van der Waals surface area contributed by atoms with E-state index in [2.05, 4.69) is 15.3 Å². The molecule has 2 saturated carbocycles. The summed E-state index contributed by atoms with van der Waals surface area (Å²) in [7, 11) is -3.84.